The van der Waals surface area contributed by atoms with Crippen molar-refractivity contribution in [2.75, 3.05) is 30.4 Å². The summed E-state index contributed by atoms with van der Waals surface area (Å²) < 4.78 is 5.86. The van der Waals surface area contributed by atoms with E-state index in [0.717, 1.165) is 36.0 Å². The van der Waals surface area contributed by atoms with Crippen LogP contribution >= 0.6 is 0 Å². The molecule has 2 N–H and O–H groups in total. The molecule has 0 aliphatic carbocycles. The van der Waals surface area contributed by atoms with Gasteiger partial charge < -0.3 is 20.3 Å². The van der Waals surface area contributed by atoms with Gasteiger partial charge in [0.2, 0.25) is 0 Å². The lowest BCUT2D eigenvalue weighted by atomic mass is 10.2. The van der Waals surface area contributed by atoms with Crippen molar-refractivity contribution in [1.82, 2.24) is 15.3 Å². The summed E-state index contributed by atoms with van der Waals surface area (Å²) in [4.78, 5) is 22.9. The molecule has 0 saturated carbocycles. The van der Waals surface area contributed by atoms with E-state index in [2.05, 4.69) is 32.7 Å². The van der Waals surface area contributed by atoms with Crippen molar-refractivity contribution in [3.05, 3.63) is 66.0 Å². The number of nitrogens with zero attached hydrogens (tertiary/aromatic N) is 3. The number of pyridine rings is 2. The molecule has 1 aliphatic heterocycles. The molecule has 154 valence electrons. The summed E-state index contributed by atoms with van der Waals surface area (Å²) in [6.45, 7) is 4.18. The van der Waals surface area contributed by atoms with Gasteiger partial charge in [-0.15, -0.1) is 0 Å². The van der Waals surface area contributed by atoms with Crippen LogP contribution in [-0.2, 0) is 0 Å². The van der Waals surface area contributed by atoms with Crippen molar-refractivity contribution in [3.63, 3.8) is 0 Å². The van der Waals surface area contributed by atoms with Crippen LogP contribution in [0.2, 0.25) is 0 Å². The SMILES string of the molecule is CNC(=O)c1cc(Oc2ccc(Nc3nc(N4CCCC4)ccc3C)cc2)ccn1. The third-order valence-corrected chi connectivity index (χ3v) is 5.06. The fourth-order valence-electron chi connectivity index (χ4n) is 3.37. The predicted octanol–water partition coefficient (Wildman–Crippen LogP) is 4.28. The molecule has 3 aromatic rings. The molecule has 2 aromatic heterocycles. The molecular formula is C23H25N5O2. The molecule has 4 rings (SSSR count). The van der Waals surface area contributed by atoms with Gasteiger partial charge in [0.1, 0.15) is 28.8 Å². The van der Waals surface area contributed by atoms with E-state index in [0.29, 0.717) is 17.2 Å². The Hall–Kier alpha value is -3.61. The molecule has 0 bridgehead atoms. The van der Waals surface area contributed by atoms with E-state index in [1.807, 2.05) is 31.2 Å². The fourth-order valence-corrected chi connectivity index (χ4v) is 3.37. The van der Waals surface area contributed by atoms with Gasteiger partial charge >= 0.3 is 0 Å². The largest absolute Gasteiger partial charge is 0.457 e. The molecular weight excluding hydrogens is 378 g/mol. The second kappa shape index (κ2) is 8.82. The van der Waals surface area contributed by atoms with Crippen molar-refractivity contribution in [3.8, 4) is 11.5 Å². The molecule has 3 heterocycles. The molecule has 1 aromatic carbocycles. The zero-order valence-corrected chi connectivity index (χ0v) is 17.2. The van der Waals surface area contributed by atoms with E-state index in [4.69, 9.17) is 9.72 Å². The monoisotopic (exact) mass is 403 g/mol. The van der Waals surface area contributed by atoms with Gasteiger partial charge in [-0.25, -0.2) is 4.98 Å². The highest BCUT2D eigenvalue weighted by molar-refractivity contribution is 5.92. The smallest absolute Gasteiger partial charge is 0.269 e. The number of hydrogen-bond acceptors (Lipinski definition) is 6. The van der Waals surface area contributed by atoms with Gasteiger partial charge in [0, 0.05) is 38.1 Å². The lowest BCUT2D eigenvalue weighted by Crippen LogP contribution is -2.19. The molecule has 7 heteroatoms. The summed E-state index contributed by atoms with van der Waals surface area (Å²) in [5, 5.41) is 5.96. The average Bonchev–Trinajstić information content (AvgIpc) is 3.31. The summed E-state index contributed by atoms with van der Waals surface area (Å²) in [6.07, 6.45) is 4.00. The number of amides is 1. The van der Waals surface area contributed by atoms with Crippen LogP contribution in [0, 0.1) is 6.92 Å². The van der Waals surface area contributed by atoms with Crippen LogP contribution in [-0.4, -0.2) is 36.0 Å². The molecule has 7 nitrogen and oxygen atoms in total. The van der Waals surface area contributed by atoms with Crippen LogP contribution in [0.4, 0.5) is 17.3 Å². The Kier molecular flexibility index (Phi) is 5.79. The molecule has 1 saturated heterocycles. The van der Waals surface area contributed by atoms with E-state index < -0.39 is 0 Å². The Morgan fingerprint density at radius 2 is 1.80 bits per heavy atom. The van der Waals surface area contributed by atoms with Gasteiger partial charge in [0.25, 0.3) is 5.91 Å². The van der Waals surface area contributed by atoms with Gasteiger partial charge in [-0.1, -0.05) is 6.07 Å². The molecule has 1 amide bonds. The highest BCUT2D eigenvalue weighted by Gasteiger charge is 2.14. The first-order chi connectivity index (χ1) is 14.6. The van der Waals surface area contributed by atoms with E-state index in [-0.39, 0.29) is 5.91 Å². The summed E-state index contributed by atoms with van der Waals surface area (Å²) in [5.74, 6) is 2.85. The van der Waals surface area contributed by atoms with Crippen LogP contribution in [0.5, 0.6) is 11.5 Å². The van der Waals surface area contributed by atoms with Crippen LogP contribution in [0.25, 0.3) is 0 Å². The van der Waals surface area contributed by atoms with Gasteiger partial charge in [-0.2, -0.15) is 0 Å². The topological polar surface area (TPSA) is 79.4 Å². The van der Waals surface area contributed by atoms with E-state index in [9.17, 15) is 4.79 Å². The second-order valence-corrected chi connectivity index (χ2v) is 7.24. The molecule has 1 aliphatic rings. The molecule has 30 heavy (non-hydrogen) atoms. The van der Waals surface area contributed by atoms with Crippen molar-refractivity contribution in [1.29, 1.82) is 0 Å². The van der Waals surface area contributed by atoms with Crippen LogP contribution < -0.4 is 20.3 Å². The standard InChI is InChI=1S/C23H25N5O2/c1-16-5-10-21(28-13-3-4-14-28)27-22(16)26-17-6-8-18(9-7-17)30-19-11-12-25-20(15-19)23(29)24-2/h5-12,15H,3-4,13-14H2,1-2H3,(H,24,29)(H,26,27). The van der Waals surface area contributed by atoms with Crippen molar-refractivity contribution in [2.24, 2.45) is 0 Å². The number of carbonyl (C=O) groups excluding carboxylic acids is 1. The normalized spacial score (nSPS) is 13.2. The lowest BCUT2D eigenvalue weighted by molar-refractivity contribution is 0.0958. The van der Waals surface area contributed by atoms with Crippen molar-refractivity contribution >= 4 is 23.2 Å². The minimum atomic E-state index is -0.251. The third-order valence-electron chi connectivity index (χ3n) is 5.06. The highest BCUT2D eigenvalue weighted by Crippen LogP contribution is 2.27. The van der Waals surface area contributed by atoms with Gasteiger partial charge in [0.15, 0.2) is 0 Å². The maximum atomic E-state index is 11.7. The fraction of sp³-hybridized carbons (Fsp3) is 0.261. The van der Waals surface area contributed by atoms with Gasteiger partial charge in [-0.3, -0.25) is 9.78 Å². The van der Waals surface area contributed by atoms with Crippen LogP contribution in [0.3, 0.4) is 0 Å². The Labute approximate surface area is 176 Å². The predicted molar refractivity (Wildman–Crippen MR) is 118 cm³/mol. The number of aryl methyl sites for hydroxylation is 1. The Morgan fingerprint density at radius 1 is 1.03 bits per heavy atom. The zero-order chi connectivity index (χ0) is 20.9. The molecule has 0 unspecified atom stereocenters. The van der Waals surface area contributed by atoms with Crippen LogP contribution in [0.15, 0.2) is 54.7 Å². The summed E-state index contributed by atoms with van der Waals surface area (Å²) in [6, 6.07) is 15.2. The van der Waals surface area contributed by atoms with Gasteiger partial charge in [0.05, 0.1) is 0 Å². The van der Waals surface area contributed by atoms with E-state index >= 15 is 0 Å². The first-order valence-corrected chi connectivity index (χ1v) is 10.1. The molecule has 1 fully saturated rings. The van der Waals surface area contributed by atoms with Crippen LogP contribution in [0.1, 0.15) is 28.9 Å². The number of rotatable bonds is 6. The number of benzene rings is 1. The maximum absolute atomic E-state index is 11.7. The Morgan fingerprint density at radius 3 is 2.53 bits per heavy atom. The summed E-state index contributed by atoms with van der Waals surface area (Å²) >= 11 is 0. The quantitative estimate of drug-likeness (QED) is 0.640. The average molecular weight is 403 g/mol. The second-order valence-electron chi connectivity index (χ2n) is 7.24. The first-order valence-electron chi connectivity index (χ1n) is 10.1. The number of aromatic nitrogens is 2. The third kappa shape index (κ3) is 4.51. The zero-order valence-electron chi connectivity index (χ0n) is 17.2. The minimum Gasteiger partial charge on any atom is -0.457 e. The number of nitrogens with one attached hydrogen (secondary N) is 2. The number of carbonyl (C=O) groups is 1. The molecule has 0 radical (unpaired) electrons. The molecule has 0 spiro atoms. The lowest BCUT2D eigenvalue weighted by Gasteiger charge is -2.18. The number of ether oxygens (including phenoxy) is 1. The van der Waals surface area contributed by atoms with Crippen molar-refractivity contribution in [2.45, 2.75) is 19.8 Å². The first kappa shape index (κ1) is 19.7. The molecule has 0 atom stereocenters. The Balaban J connectivity index is 1.45. The number of hydrogen-bond donors (Lipinski definition) is 2. The summed E-state index contributed by atoms with van der Waals surface area (Å²) in [5.41, 5.74) is 2.34. The van der Waals surface area contributed by atoms with Crippen molar-refractivity contribution < 1.29 is 9.53 Å². The maximum Gasteiger partial charge on any atom is 0.269 e. The minimum absolute atomic E-state index is 0.251. The highest BCUT2D eigenvalue weighted by atomic mass is 16.5. The number of anilines is 3. The Bertz CT molecular complexity index is 1030. The summed E-state index contributed by atoms with van der Waals surface area (Å²) in [7, 11) is 1.57. The van der Waals surface area contributed by atoms with Gasteiger partial charge in [-0.05, 0) is 61.7 Å². The van der Waals surface area contributed by atoms with E-state index in [1.165, 1.54) is 12.8 Å². The van der Waals surface area contributed by atoms with E-state index in [1.54, 1.807) is 25.4 Å².